The highest BCUT2D eigenvalue weighted by atomic mass is 32.2. The fourth-order valence-corrected chi connectivity index (χ4v) is 1.02. The van der Waals surface area contributed by atoms with Crippen LogP contribution in [0.4, 0.5) is 0 Å². The van der Waals surface area contributed by atoms with E-state index in [1.165, 1.54) is 6.07 Å². The van der Waals surface area contributed by atoms with Gasteiger partial charge in [0.25, 0.3) is 0 Å². The quantitative estimate of drug-likeness (QED) is 0.619. The molecule has 0 N–H and O–H groups in total. The van der Waals surface area contributed by atoms with Crippen molar-refractivity contribution in [3.8, 4) is 5.75 Å². The first-order valence-electron chi connectivity index (χ1n) is 2.94. The van der Waals surface area contributed by atoms with Crippen molar-refractivity contribution in [2.45, 2.75) is 0 Å². The molecule has 1 aromatic rings. The number of hydrogen-bond donors (Lipinski definition) is 0. The van der Waals surface area contributed by atoms with Crippen molar-refractivity contribution in [2.24, 2.45) is 0 Å². The van der Waals surface area contributed by atoms with E-state index in [1.807, 2.05) is 0 Å². The molecule has 1 radical (unpaired) electrons. The molecule has 0 aliphatic carbocycles. The maximum Gasteiger partial charge on any atom is 0.306 e. The minimum absolute atomic E-state index is 0.218. The van der Waals surface area contributed by atoms with Crippen LogP contribution in [0.1, 0.15) is 0 Å². The molecule has 0 aliphatic heterocycles. The van der Waals surface area contributed by atoms with Crippen LogP contribution in [0.5, 0.6) is 5.75 Å². The lowest BCUT2D eigenvalue weighted by Crippen LogP contribution is -2.05. The Hall–Kier alpha value is -1.03. The summed E-state index contributed by atoms with van der Waals surface area (Å²) < 4.78 is 25.6. The van der Waals surface area contributed by atoms with Crippen molar-refractivity contribution in [2.75, 3.05) is 6.26 Å². The zero-order valence-electron chi connectivity index (χ0n) is 5.94. The first-order chi connectivity index (χ1) is 5.08. The lowest BCUT2D eigenvalue weighted by molar-refractivity contribution is 0.492. The molecule has 0 unspecified atom stereocenters. The summed E-state index contributed by atoms with van der Waals surface area (Å²) >= 11 is 0. The van der Waals surface area contributed by atoms with Crippen molar-refractivity contribution in [1.29, 1.82) is 0 Å². The van der Waals surface area contributed by atoms with E-state index >= 15 is 0 Å². The molecule has 0 saturated carbocycles. The van der Waals surface area contributed by atoms with Gasteiger partial charge in [-0.1, -0.05) is 18.2 Å². The van der Waals surface area contributed by atoms with E-state index in [4.69, 9.17) is 0 Å². The molecule has 0 amide bonds. The molecular formula is C7H7O3S. The minimum atomic E-state index is -3.41. The van der Waals surface area contributed by atoms with E-state index in [2.05, 4.69) is 10.2 Å². The summed E-state index contributed by atoms with van der Waals surface area (Å²) in [5.41, 5.74) is 0. The number of para-hydroxylation sites is 1. The van der Waals surface area contributed by atoms with Crippen molar-refractivity contribution in [3.63, 3.8) is 0 Å². The number of benzene rings is 1. The minimum Gasteiger partial charge on any atom is -0.382 e. The number of hydrogen-bond acceptors (Lipinski definition) is 3. The summed E-state index contributed by atoms with van der Waals surface area (Å²) in [5, 5.41) is 0. The van der Waals surface area contributed by atoms with Crippen LogP contribution in [0.3, 0.4) is 0 Å². The third kappa shape index (κ3) is 3.04. The van der Waals surface area contributed by atoms with Crippen LogP contribution in [-0.4, -0.2) is 14.7 Å². The third-order valence-corrected chi connectivity index (χ3v) is 1.40. The van der Waals surface area contributed by atoms with Gasteiger partial charge in [-0.05, 0) is 6.07 Å². The third-order valence-electron chi connectivity index (χ3n) is 0.922. The number of rotatable bonds is 2. The molecular weight excluding hydrogens is 164 g/mol. The largest absolute Gasteiger partial charge is 0.382 e. The molecule has 1 aromatic carbocycles. The zero-order valence-corrected chi connectivity index (χ0v) is 6.76. The van der Waals surface area contributed by atoms with E-state index in [0.717, 1.165) is 6.26 Å². The fraction of sp³-hybridized carbons (Fsp3) is 0.143. The molecule has 0 bridgehead atoms. The monoisotopic (exact) mass is 171 g/mol. The summed E-state index contributed by atoms with van der Waals surface area (Å²) in [4.78, 5) is 0. The van der Waals surface area contributed by atoms with Gasteiger partial charge < -0.3 is 4.18 Å². The van der Waals surface area contributed by atoms with Crippen LogP contribution in [0.25, 0.3) is 0 Å². The molecule has 0 aromatic heterocycles. The molecule has 1 rings (SSSR count). The molecule has 0 aliphatic rings. The first kappa shape index (κ1) is 8.07. The Balaban J connectivity index is 2.82. The van der Waals surface area contributed by atoms with Gasteiger partial charge in [0.1, 0.15) is 0 Å². The summed E-state index contributed by atoms with van der Waals surface area (Å²) in [6.07, 6.45) is 0.994. The first-order valence-corrected chi connectivity index (χ1v) is 4.76. The maximum atomic E-state index is 10.6. The van der Waals surface area contributed by atoms with Crippen molar-refractivity contribution in [1.82, 2.24) is 0 Å². The van der Waals surface area contributed by atoms with Gasteiger partial charge in [0.2, 0.25) is 0 Å². The second kappa shape index (κ2) is 2.92. The Labute approximate surface area is 65.7 Å². The Bertz CT molecular complexity index is 315. The van der Waals surface area contributed by atoms with E-state index in [9.17, 15) is 8.42 Å². The van der Waals surface area contributed by atoms with Gasteiger partial charge in [-0.3, -0.25) is 0 Å². The van der Waals surface area contributed by atoms with Crippen LogP contribution in [0.15, 0.2) is 24.3 Å². The van der Waals surface area contributed by atoms with Crippen LogP contribution in [0.2, 0.25) is 0 Å². The Morgan fingerprint density at radius 3 is 2.64 bits per heavy atom. The molecule has 0 fully saturated rings. The molecule has 3 nitrogen and oxygen atoms in total. The average Bonchev–Trinajstić information content (AvgIpc) is 1.85. The maximum absolute atomic E-state index is 10.6. The summed E-state index contributed by atoms with van der Waals surface area (Å²) in [5.74, 6) is 0.218. The average molecular weight is 171 g/mol. The Morgan fingerprint density at radius 2 is 2.18 bits per heavy atom. The van der Waals surface area contributed by atoms with Crippen LogP contribution < -0.4 is 4.18 Å². The van der Waals surface area contributed by atoms with Gasteiger partial charge in [-0.15, -0.1) is 0 Å². The van der Waals surface area contributed by atoms with Crippen LogP contribution >= 0.6 is 0 Å². The van der Waals surface area contributed by atoms with E-state index in [0.29, 0.717) is 0 Å². The molecule has 59 valence electrons. The zero-order chi connectivity index (χ0) is 8.32. The highest BCUT2D eigenvalue weighted by Gasteiger charge is 2.01. The van der Waals surface area contributed by atoms with Crippen molar-refractivity contribution in [3.05, 3.63) is 30.3 Å². The second-order valence-electron chi connectivity index (χ2n) is 2.01. The second-order valence-corrected chi connectivity index (χ2v) is 3.59. The standard InChI is InChI=1S/C7H7O3S/c1-11(8,9)10-7-5-3-2-4-6-7/h2-5H,1H3. The highest BCUT2D eigenvalue weighted by Crippen LogP contribution is 2.08. The highest BCUT2D eigenvalue weighted by molar-refractivity contribution is 7.86. The van der Waals surface area contributed by atoms with Gasteiger partial charge in [-0.25, -0.2) is 0 Å². The van der Waals surface area contributed by atoms with Crippen molar-refractivity contribution >= 4 is 10.1 Å². The van der Waals surface area contributed by atoms with Crippen LogP contribution in [-0.2, 0) is 10.1 Å². The van der Waals surface area contributed by atoms with E-state index in [-0.39, 0.29) is 5.75 Å². The molecule has 0 atom stereocenters. The van der Waals surface area contributed by atoms with Crippen molar-refractivity contribution < 1.29 is 12.6 Å². The molecule has 0 saturated heterocycles. The van der Waals surface area contributed by atoms with E-state index in [1.54, 1.807) is 18.2 Å². The predicted octanol–water partition coefficient (Wildman–Crippen LogP) is 0.825. The normalized spacial score (nSPS) is 11.0. The van der Waals surface area contributed by atoms with E-state index < -0.39 is 10.1 Å². The molecule has 0 heterocycles. The molecule has 11 heavy (non-hydrogen) atoms. The predicted molar refractivity (Wildman–Crippen MR) is 40.7 cm³/mol. The summed E-state index contributed by atoms with van der Waals surface area (Å²) in [6, 6.07) is 9.15. The smallest absolute Gasteiger partial charge is 0.306 e. The SMILES string of the molecule is CS(=O)(=O)Oc1[c]cccc1. The Kier molecular flexibility index (Phi) is 2.14. The molecule has 4 heteroatoms. The molecule has 0 spiro atoms. The summed E-state index contributed by atoms with van der Waals surface area (Å²) in [6.45, 7) is 0. The lowest BCUT2D eigenvalue weighted by Gasteiger charge is -1.99. The Morgan fingerprint density at radius 1 is 1.45 bits per heavy atom. The van der Waals surface area contributed by atoms with Gasteiger partial charge in [0, 0.05) is 6.07 Å². The van der Waals surface area contributed by atoms with Gasteiger partial charge >= 0.3 is 10.1 Å². The fourth-order valence-electron chi connectivity index (χ4n) is 0.592. The van der Waals surface area contributed by atoms with Gasteiger partial charge in [0.15, 0.2) is 5.75 Å². The lowest BCUT2D eigenvalue weighted by atomic mass is 10.3. The topological polar surface area (TPSA) is 43.4 Å². The summed E-state index contributed by atoms with van der Waals surface area (Å²) in [7, 11) is -3.41. The van der Waals surface area contributed by atoms with Gasteiger partial charge in [0.05, 0.1) is 6.26 Å². The van der Waals surface area contributed by atoms with Crippen LogP contribution in [0, 0.1) is 6.07 Å². The van der Waals surface area contributed by atoms with Gasteiger partial charge in [-0.2, -0.15) is 8.42 Å².